The molecule has 132 valence electrons. The Kier molecular flexibility index (Phi) is 4.17. The van der Waals surface area contributed by atoms with E-state index < -0.39 is 5.60 Å². The van der Waals surface area contributed by atoms with Crippen molar-refractivity contribution in [3.8, 4) is 0 Å². The van der Waals surface area contributed by atoms with Crippen LogP contribution in [0.1, 0.15) is 23.3 Å². The first-order chi connectivity index (χ1) is 12.2. The highest BCUT2D eigenvalue weighted by atomic mass is 19.1. The van der Waals surface area contributed by atoms with Crippen LogP contribution in [0, 0.1) is 5.82 Å². The van der Waals surface area contributed by atoms with Crippen LogP contribution in [0.5, 0.6) is 0 Å². The van der Waals surface area contributed by atoms with Gasteiger partial charge in [-0.25, -0.2) is 9.37 Å². The van der Waals surface area contributed by atoms with Crippen LogP contribution >= 0.6 is 0 Å². The summed E-state index contributed by atoms with van der Waals surface area (Å²) in [5, 5.41) is 0. The van der Waals surface area contributed by atoms with Crippen molar-refractivity contribution in [3.05, 3.63) is 48.2 Å². The average Bonchev–Trinajstić information content (AvgIpc) is 3.16. The fourth-order valence-electron chi connectivity index (χ4n) is 3.79. The van der Waals surface area contributed by atoms with Crippen LogP contribution in [-0.4, -0.2) is 59.2 Å². The van der Waals surface area contributed by atoms with Crippen molar-refractivity contribution < 1.29 is 13.9 Å². The molecule has 0 radical (unpaired) electrons. The zero-order chi connectivity index (χ0) is 17.3. The molecule has 2 aromatic heterocycles. The van der Waals surface area contributed by atoms with Crippen LogP contribution in [-0.2, 0) is 4.74 Å². The molecule has 0 saturated carbocycles. The zero-order valence-corrected chi connectivity index (χ0v) is 13.9. The summed E-state index contributed by atoms with van der Waals surface area (Å²) >= 11 is 0. The number of carbonyl (C=O) groups excluding carboxylic acids is 1. The fourth-order valence-corrected chi connectivity index (χ4v) is 3.79. The number of hydrogen-bond donors (Lipinski definition) is 1. The number of amides is 1. The monoisotopic (exact) mass is 344 g/mol. The van der Waals surface area contributed by atoms with Crippen LogP contribution in [0.15, 0.2) is 36.7 Å². The Hall–Kier alpha value is -2.41. The van der Waals surface area contributed by atoms with E-state index in [4.69, 9.17) is 4.74 Å². The minimum Gasteiger partial charge on any atom is -0.369 e. The Bertz CT molecular complexity index is 747. The summed E-state index contributed by atoms with van der Waals surface area (Å²) in [7, 11) is 0. The molecule has 2 fully saturated rings. The molecule has 0 aliphatic carbocycles. The van der Waals surface area contributed by atoms with Crippen molar-refractivity contribution >= 4 is 11.7 Å². The first-order valence-electron chi connectivity index (χ1n) is 8.59. The van der Waals surface area contributed by atoms with Crippen LogP contribution in [0.25, 0.3) is 0 Å². The highest BCUT2D eigenvalue weighted by molar-refractivity contribution is 5.92. The van der Waals surface area contributed by atoms with Gasteiger partial charge in [0.05, 0.1) is 19.7 Å². The number of rotatable bonds is 2. The van der Waals surface area contributed by atoms with Gasteiger partial charge in [0, 0.05) is 25.5 Å². The van der Waals surface area contributed by atoms with E-state index in [1.807, 2.05) is 15.9 Å². The van der Waals surface area contributed by atoms with Crippen LogP contribution in [0.3, 0.4) is 0 Å². The van der Waals surface area contributed by atoms with Gasteiger partial charge in [0.25, 0.3) is 5.91 Å². The third-order valence-electron chi connectivity index (χ3n) is 4.94. The molecule has 0 aromatic carbocycles. The summed E-state index contributed by atoms with van der Waals surface area (Å²) in [5.41, 5.74) is 0.114. The number of halogens is 1. The van der Waals surface area contributed by atoms with Crippen molar-refractivity contribution in [3.63, 3.8) is 0 Å². The van der Waals surface area contributed by atoms with Crippen LogP contribution in [0.2, 0.25) is 0 Å². The maximum atomic E-state index is 14.1. The van der Waals surface area contributed by atoms with Gasteiger partial charge < -0.3 is 19.5 Å². The minimum atomic E-state index is -0.470. The molecule has 1 N–H and O–H groups in total. The number of nitrogens with one attached hydrogen (secondary N) is 1. The van der Waals surface area contributed by atoms with Crippen molar-refractivity contribution in [1.29, 1.82) is 0 Å². The number of anilines is 1. The predicted octanol–water partition coefficient (Wildman–Crippen LogP) is 2.06. The number of ether oxygens (including phenoxy) is 1. The molecular weight excluding hydrogens is 323 g/mol. The lowest BCUT2D eigenvalue weighted by atomic mass is 9.90. The standard InChI is InChI=1S/C18H21FN4O2/c19-14-4-1-8-21-16(14)22-9-3-6-18(12-22)13-23(10-11-25-18)17(24)15-5-2-7-20-15/h1-2,4-5,7-8,20H,3,6,9-13H2/t18-/m0/s1. The summed E-state index contributed by atoms with van der Waals surface area (Å²) in [6.45, 7) is 2.84. The lowest BCUT2D eigenvalue weighted by molar-refractivity contribution is -0.105. The van der Waals surface area contributed by atoms with Gasteiger partial charge in [-0.1, -0.05) is 0 Å². The Morgan fingerprint density at radius 2 is 2.20 bits per heavy atom. The van der Waals surface area contributed by atoms with Crippen molar-refractivity contribution in [2.24, 2.45) is 0 Å². The molecule has 6 nitrogen and oxygen atoms in total. The largest absolute Gasteiger partial charge is 0.369 e. The number of morpholine rings is 1. The van der Waals surface area contributed by atoms with Crippen LogP contribution in [0.4, 0.5) is 10.2 Å². The molecule has 0 bridgehead atoms. The van der Waals surface area contributed by atoms with E-state index in [1.54, 1.807) is 24.5 Å². The lowest BCUT2D eigenvalue weighted by Crippen LogP contribution is -2.61. The molecule has 4 heterocycles. The molecule has 25 heavy (non-hydrogen) atoms. The first-order valence-corrected chi connectivity index (χ1v) is 8.59. The van der Waals surface area contributed by atoms with Gasteiger partial charge in [-0.15, -0.1) is 0 Å². The number of H-pyrrole nitrogens is 1. The molecule has 1 atom stereocenters. The van der Waals surface area contributed by atoms with E-state index in [2.05, 4.69) is 9.97 Å². The third-order valence-corrected chi connectivity index (χ3v) is 4.94. The van der Waals surface area contributed by atoms with Gasteiger partial charge >= 0.3 is 0 Å². The summed E-state index contributed by atoms with van der Waals surface area (Å²) in [4.78, 5) is 23.6. The molecule has 2 aliphatic rings. The second-order valence-corrected chi connectivity index (χ2v) is 6.68. The Balaban J connectivity index is 1.52. The molecule has 7 heteroatoms. The molecule has 0 unspecified atom stereocenters. The summed E-state index contributed by atoms with van der Waals surface area (Å²) in [6, 6.07) is 6.61. The number of aromatic amines is 1. The molecule has 2 saturated heterocycles. The topological polar surface area (TPSA) is 61.5 Å². The summed E-state index contributed by atoms with van der Waals surface area (Å²) in [6.07, 6.45) is 5.07. The normalized spacial score (nSPS) is 23.9. The van der Waals surface area contributed by atoms with Gasteiger partial charge in [0.15, 0.2) is 11.6 Å². The Morgan fingerprint density at radius 1 is 1.28 bits per heavy atom. The zero-order valence-electron chi connectivity index (χ0n) is 13.9. The number of aromatic nitrogens is 2. The highest BCUT2D eigenvalue weighted by Gasteiger charge is 2.42. The van der Waals surface area contributed by atoms with Crippen molar-refractivity contribution in [2.75, 3.05) is 37.7 Å². The van der Waals surface area contributed by atoms with E-state index in [0.717, 1.165) is 19.4 Å². The van der Waals surface area contributed by atoms with Gasteiger partial charge in [-0.2, -0.15) is 0 Å². The maximum Gasteiger partial charge on any atom is 0.270 e. The molecule has 2 aliphatic heterocycles. The van der Waals surface area contributed by atoms with E-state index in [0.29, 0.717) is 37.8 Å². The van der Waals surface area contributed by atoms with E-state index in [-0.39, 0.29) is 11.7 Å². The fraction of sp³-hybridized carbons (Fsp3) is 0.444. The van der Waals surface area contributed by atoms with Gasteiger partial charge in [-0.3, -0.25) is 4.79 Å². The SMILES string of the molecule is O=C(c1ccc[nH]1)N1CCO[C@]2(CCCN(c3ncccc3F)C2)C1. The molecule has 1 amide bonds. The molecular formula is C18H21FN4O2. The minimum absolute atomic E-state index is 0.0196. The maximum absolute atomic E-state index is 14.1. The average molecular weight is 344 g/mol. The van der Waals surface area contributed by atoms with Crippen molar-refractivity contribution in [2.45, 2.75) is 18.4 Å². The number of pyridine rings is 1. The van der Waals surface area contributed by atoms with E-state index in [1.165, 1.54) is 6.07 Å². The number of nitrogens with zero attached hydrogens (tertiary/aromatic N) is 3. The highest BCUT2D eigenvalue weighted by Crippen LogP contribution is 2.32. The quantitative estimate of drug-likeness (QED) is 0.906. The van der Waals surface area contributed by atoms with E-state index >= 15 is 0 Å². The first kappa shape index (κ1) is 16.1. The lowest BCUT2D eigenvalue weighted by Gasteiger charge is -2.48. The summed E-state index contributed by atoms with van der Waals surface area (Å²) in [5.74, 6) is 0.0153. The molecule has 1 spiro atoms. The Labute approximate surface area is 145 Å². The third kappa shape index (κ3) is 3.11. The number of piperidine rings is 1. The molecule has 4 rings (SSSR count). The van der Waals surface area contributed by atoms with Gasteiger partial charge in [-0.05, 0) is 37.1 Å². The van der Waals surface area contributed by atoms with Crippen molar-refractivity contribution in [1.82, 2.24) is 14.9 Å². The smallest absolute Gasteiger partial charge is 0.270 e. The van der Waals surface area contributed by atoms with Gasteiger partial charge in [0.1, 0.15) is 11.3 Å². The van der Waals surface area contributed by atoms with Crippen LogP contribution < -0.4 is 4.90 Å². The van der Waals surface area contributed by atoms with E-state index in [9.17, 15) is 9.18 Å². The van der Waals surface area contributed by atoms with Gasteiger partial charge in [0.2, 0.25) is 0 Å². The second kappa shape index (κ2) is 6.48. The second-order valence-electron chi connectivity index (χ2n) is 6.68. The molecule has 2 aromatic rings. The summed E-state index contributed by atoms with van der Waals surface area (Å²) < 4.78 is 20.2. The number of hydrogen-bond acceptors (Lipinski definition) is 4. The predicted molar refractivity (Wildman–Crippen MR) is 91.0 cm³/mol. The number of carbonyl (C=O) groups is 1. The Morgan fingerprint density at radius 3 is 3.00 bits per heavy atom.